The summed E-state index contributed by atoms with van der Waals surface area (Å²) >= 11 is 0. The van der Waals surface area contributed by atoms with Gasteiger partial charge in [0.25, 0.3) is 0 Å². The van der Waals surface area contributed by atoms with Crippen molar-refractivity contribution in [1.29, 1.82) is 5.41 Å². The average molecular weight is 252 g/mol. The van der Waals surface area contributed by atoms with Crippen molar-refractivity contribution in [2.24, 2.45) is 11.7 Å². The largest absolute Gasteiger partial charge is 0.384 e. The number of nitrogens with two attached hydrogens (primary N) is 1. The Hall–Kier alpha value is -2.09. The summed E-state index contributed by atoms with van der Waals surface area (Å²) in [5.41, 5.74) is 9.10. The number of nitrogens with one attached hydrogen (secondary N) is 1. The Morgan fingerprint density at radius 3 is 1.84 bits per heavy atom. The monoisotopic (exact) mass is 252 g/mol. The molecule has 1 aliphatic rings. The molecular formula is C17H20N2. The fourth-order valence-corrected chi connectivity index (χ4v) is 2.40. The van der Waals surface area contributed by atoms with E-state index in [4.69, 9.17) is 11.1 Å². The molecule has 0 aliphatic heterocycles. The second-order valence-corrected chi connectivity index (χ2v) is 5.06. The highest BCUT2D eigenvalue weighted by Crippen LogP contribution is 2.25. The quantitative estimate of drug-likeness (QED) is 0.593. The van der Waals surface area contributed by atoms with Crippen molar-refractivity contribution in [1.82, 2.24) is 0 Å². The van der Waals surface area contributed by atoms with Crippen LogP contribution in [0.5, 0.6) is 0 Å². The van der Waals surface area contributed by atoms with Gasteiger partial charge in [0, 0.05) is 5.56 Å². The van der Waals surface area contributed by atoms with Crippen molar-refractivity contribution in [3.63, 3.8) is 0 Å². The molecule has 1 aliphatic carbocycles. The van der Waals surface area contributed by atoms with Crippen LogP contribution < -0.4 is 5.73 Å². The molecule has 98 valence electrons. The van der Waals surface area contributed by atoms with Crippen molar-refractivity contribution in [2.75, 3.05) is 0 Å². The van der Waals surface area contributed by atoms with E-state index in [-0.39, 0.29) is 5.84 Å². The van der Waals surface area contributed by atoms with Crippen LogP contribution in [0.3, 0.4) is 0 Å². The lowest BCUT2D eigenvalue weighted by molar-refractivity contribution is 0.628. The highest BCUT2D eigenvalue weighted by molar-refractivity contribution is 5.94. The van der Waals surface area contributed by atoms with E-state index < -0.39 is 0 Å². The molecule has 0 saturated heterocycles. The van der Waals surface area contributed by atoms with Crippen molar-refractivity contribution >= 4 is 5.84 Å². The highest BCUT2D eigenvalue weighted by atomic mass is 14.7. The van der Waals surface area contributed by atoms with E-state index in [9.17, 15) is 0 Å². The van der Waals surface area contributed by atoms with E-state index in [1.54, 1.807) is 11.1 Å². The maximum atomic E-state index is 7.01. The summed E-state index contributed by atoms with van der Waals surface area (Å²) in [4.78, 5) is 0. The molecule has 0 amide bonds. The van der Waals surface area contributed by atoms with Gasteiger partial charge in [0.15, 0.2) is 0 Å². The van der Waals surface area contributed by atoms with Crippen LogP contribution in [0.15, 0.2) is 54.6 Å². The maximum Gasteiger partial charge on any atom is 0.122 e. The van der Waals surface area contributed by atoms with E-state index in [0.29, 0.717) is 0 Å². The van der Waals surface area contributed by atoms with Crippen LogP contribution in [0.1, 0.15) is 23.6 Å². The first kappa shape index (κ1) is 13.3. The summed E-state index contributed by atoms with van der Waals surface area (Å²) in [6.45, 7) is 2.32. The van der Waals surface area contributed by atoms with Crippen molar-refractivity contribution < 1.29 is 0 Å². The van der Waals surface area contributed by atoms with Crippen LogP contribution in [-0.4, -0.2) is 5.84 Å². The molecule has 0 aromatic heterocycles. The van der Waals surface area contributed by atoms with Crippen LogP contribution in [0.25, 0.3) is 0 Å². The number of rotatable bonds is 1. The SMILES string of the molecule is CC1Cc2ccccc2C1.N=C(N)c1ccccc1. The van der Waals surface area contributed by atoms with Crippen molar-refractivity contribution in [2.45, 2.75) is 19.8 Å². The summed E-state index contributed by atoms with van der Waals surface area (Å²) in [5.74, 6) is 0.994. The summed E-state index contributed by atoms with van der Waals surface area (Å²) < 4.78 is 0. The zero-order valence-electron chi connectivity index (χ0n) is 11.3. The molecule has 2 aromatic carbocycles. The van der Waals surface area contributed by atoms with E-state index in [1.807, 2.05) is 30.3 Å². The Balaban J connectivity index is 0.000000141. The minimum Gasteiger partial charge on any atom is -0.384 e. The number of amidine groups is 1. The Bertz CT molecular complexity index is 521. The Morgan fingerprint density at radius 1 is 0.947 bits per heavy atom. The van der Waals surface area contributed by atoms with Gasteiger partial charge in [-0.3, -0.25) is 5.41 Å². The van der Waals surface area contributed by atoms with Crippen LogP contribution in [0.4, 0.5) is 0 Å². The summed E-state index contributed by atoms with van der Waals surface area (Å²) in [5, 5.41) is 7.01. The third-order valence-corrected chi connectivity index (χ3v) is 3.34. The standard InChI is InChI=1S/C10H12.C7H8N2/c1-8-6-9-4-2-3-5-10(9)7-8;8-7(9)6-4-2-1-3-5-6/h2-5,8H,6-7H2,1H3;1-5H,(H3,8,9). The number of benzene rings is 2. The molecule has 0 bridgehead atoms. The lowest BCUT2D eigenvalue weighted by Gasteiger charge is -1.93. The molecule has 19 heavy (non-hydrogen) atoms. The second kappa shape index (κ2) is 6.19. The van der Waals surface area contributed by atoms with Gasteiger partial charge in [0.1, 0.15) is 5.84 Å². The third-order valence-electron chi connectivity index (χ3n) is 3.34. The van der Waals surface area contributed by atoms with E-state index >= 15 is 0 Å². The normalized spacial score (nSPS) is 13.3. The number of hydrogen-bond donors (Lipinski definition) is 2. The van der Waals surface area contributed by atoms with Gasteiger partial charge in [-0.05, 0) is 29.9 Å². The summed E-state index contributed by atoms with van der Waals surface area (Å²) in [6, 6.07) is 18.0. The zero-order valence-corrected chi connectivity index (χ0v) is 11.3. The third kappa shape index (κ3) is 3.68. The molecule has 2 aromatic rings. The lowest BCUT2D eigenvalue weighted by atomic mass is 10.1. The molecule has 2 heteroatoms. The minimum absolute atomic E-state index is 0.121. The van der Waals surface area contributed by atoms with Gasteiger partial charge in [-0.25, -0.2) is 0 Å². The molecule has 0 heterocycles. The molecule has 2 nitrogen and oxygen atoms in total. The zero-order chi connectivity index (χ0) is 13.7. The number of fused-ring (bicyclic) bond motifs is 1. The van der Waals surface area contributed by atoms with Gasteiger partial charge in [-0.15, -0.1) is 0 Å². The average Bonchev–Trinajstić information content (AvgIpc) is 2.80. The molecule has 0 fully saturated rings. The second-order valence-electron chi connectivity index (χ2n) is 5.06. The van der Waals surface area contributed by atoms with Crippen molar-refractivity contribution in [3.8, 4) is 0 Å². The smallest absolute Gasteiger partial charge is 0.122 e. The Morgan fingerprint density at radius 2 is 1.42 bits per heavy atom. The van der Waals surface area contributed by atoms with Gasteiger partial charge in [-0.1, -0.05) is 61.5 Å². The molecule has 0 atom stereocenters. The van der Waals surface area contributed by atoms with Gasteiger partial charge in [0.05, 0.1) is 0 Å². The van der Waals surface area contributed by atoms with Gasteiger partial charge >= 0.3 is 0 Å². The van der Waals surface area contributed by atoms with Crippen LogP contribution in [0.2, 0.25) is 0 Å². The predicted molar refractivity (Wildman–Crippen MR) is 80.5 cm³/mol. The number of nitrogen functional groups attached to an aromatic ring is 1. The van der Waals surface area contributed by atoms with Crippen molar-refractivity contribution in [3.05, 3.63) is 71.3 Å². The molecule has 0 spiro atoms. The molecule has 0 radical (unpaired) electrons. The molecular weight excluding hydrogens is 232 g/mol. The molecule has 0 unspecified atom stereocenters. The first-order valence-electron chi connectivity index (χ1n) is 6.63. The first-order valence-corrected chi connectivity index (χ1v) is 6.63. The van der Waals surface area contributed by atoms with Crippen LogP contribution in [0, 0.1) is 11.3 Å². The van der Waals surface area contributed by atoms with E-state index in [2.05, 4.69) is 31.2 Å². The Kier molecular flexibility index (Phi) is 4.35. The van der Waals surface area contributed by atoms with Crippen LogP contribution >= 0.6 is 0 Å². The van der Waals surface area contributed by atoms with Gasteiger partial charge in [0.2, 0.25) is 0 Å². The summed E-state index contributed by atoms with van der Waals surface area (Å²) in [7, 11) is 0. The van der Waals surface area contributed by atoms with E-state index in [0.717, 1.165) is 11.5 Å². The first-order chi connectivity index (χ1) is 9.16. The van der Waals surface area contributed by atoms with Gasteiger partial charge in [-0.2, -0.15) is 0 Å². The van der Waals surface area contributed by atoms with Gasteiger partial charge < -0.3 is 5.73 Å². The predicted octanol–water partition coefficient (Wildman–Crippen LogP) is 3.39. The lowest BCUT2D eigenvalue weighted by Crippen LogP contribution is -2.10. The molecule has 3 rings (SSSR count). The highest BCUT2D eigenvalue weighted by Gasteiger charge is 2.15. The minimum atomic E-state index is 0.121. The fourth-order valence-electron chi connectivity index (χ4n) is 2.40. The number of hydrogen-bond acceptors (Lipinski definition) is 1. The molecule has 3 N–H and O–H groups in total. The summed E-state index contributed by atoms with van der Waals surface area (Å²) in [6.07, 6.45) is 2.58. The maximum absolute atomic E-state index is 7.01. The van der Waals surface area contributed by atoms with E-state index in [1.165, 1.54) is 12.8 Å². The fraction of sp³-hybridized carbons (Fsp3) is 0.235. The topological polar surface area (TPSA) is 49.9 Å². The van der Waals surface area contributed by atoms with Crippen LogP contribution in [-0.2, 0) is 12.8 Å². The molecule has 0 saturated carbocycles. The Labute approximate surface area is 114 Å².